The summed E-state index contributed by atoms with van der Waals surface area (Å²) in [5.41, 5.74) is 8.18. The monoisotopic (exact) mass is 272 g/mol. The minimum atomic E-state index is -0.0190. The Bertz CT molecular complexity index is 604. The van der Waals surface area contributed by atoms with Crippen molar-refractivity contribution in [1.29, 1.82) is 0 Å². The maximum atomic E-state index is 12.0. The maximum absolute atomic E-state index is 12.0. The molecule has 106 valence electrons. The van der Waals surface area contributed by atoms with Crippen LogP contribution in [-0.2, 0) is 17.8 Å². The van der Waals surface area contributed by atoms with Gasteiger partial charge < -0.3 is 15.6 Å². The highest BCUT2D eigenvalue weighted by atomic mass is 16.1. The van der Waals surface area contributed by atoms with Gasteiger partial charge in [0.15, 0.2) is 0 Å². The number of aryl methyl sites for hydroxylation is 2. The molecule has 0 aliphatic heterocycles. The quantitative estimate of drug-likeness (QED) is 0.821. The van der Waals surface area contributed by atoms with Gasteiger partial charge in [-0.25, -0.2) is 4.98 Å². The Hall–Kier alpha value is -2.30. The van der Waals surface area contributed by atoms with Crippen LogP contribution in [0.1, 0.15) is 24.7 Å². The Balaban J connectivity index is 1.94. The maximum Gasteiger partial charge on any atom is 0.226 e. The molecule has 0 saturated carbocycles. The summed E-state index contributed by atoms with van der Waals surface area (Å²) in [6.45, 7) is 4.58. The molecule has 5 nitrogen and oxygen atoms in total. The molecule has 0 aliphatic carbocycles. The first kappa shape index (κ1) is 14.1. The number of imidazole rings is 1. The molecule has 0 radical (unpaired) electrons. The molecule has 5 heteroatoms. The first-order chi connectivity index (χ1) is 9.61. The van der Waals surface area contributed by atoms with Crippen molar-refractivity contribution in [3.8, 4) is 0 Å². The van der Waals surface area contributed by atoms with Gasteiger partial charge in [-0.15, -0.1) is 0 Å². The fourth-order valence-corrected chi connectivity index (χ4v) is 2.08. The van der Waals surface area contributed by atoms with Crippen LogP contribution >= 0.6 is 0 Å². The molecule has 0 fully saturated rings. The lowest BCUT2D eigenvalue weighted by Crippen LogP contribution is -2.16. The zero-order valence-corrected chi connectivity index (χ0v) is 11.9. The predicted molar refractivity (Wildman–Crippen MR) is 80.4 cm³/mol. The van der Waals surface area contributed by atoms with Crippen LogP contribution in [0.5, 0.6) is 0 Å². The van der Waals surface area contributed by atoms with Crippen LogP contribution in [0.3, 0.4) is 0 Å². The van der Waals surface area contributed by atoms with Crippen molar-refractivity contribution in [1.82, 2.24) is 9.55 Å². The lowest BCUT2D eigenvalue weighted by Gasteiger charge is -2.11. The van der Waals surface area contributed by atoms with Crippen LogP contribution in [0.15, 0.2) is 30.6 Å². The van der Waals surface area contributed by atoms with Crippen LogP contribution in [0.25, 0.3) is 0 Å². The van der Waals surface area contributed by atoms with E-state index in [2.05, 4.69) is 17.2 Å². The number of anilines is 2. The summed E-state index contributed by atoms with van der Waals surface area (Å²) < 4.78 is 2.01. The van der Waals surface area contributed by atoms with E-state index in [0.717, 1.165) is 23.5 Å². The second-order valence-corrected chi connectivity index (χ2v) is 4.71. The van der Waals surface area contributed by atoms with Crippen molar-refractivity contribution in [2.75, 3.05) is 11.1 Å². The van der Waals surface area contributed by atoms with E-state index in [1.54, 1.807) is 6.20 Å². The number of nitrogens with zero attached hydrogens (tertiary/aromatic N) is 2. The first-order valence-corrected chi connectivity index (χ1v) is 6.76. The molecular formula is C15H20N4O. The molecular weight excluding hydrogens is 252 g/mol. The Morgan fingerprint density at radius 1 is 1.45 bits per heavy atom. The van der Waals surface area contributed by atoms with Gasteiger partial charge in [0.05, 0.1) is 0 Å². The molecule has 3 N–H and O–H groups in total. The van der Waals surface area contributed by atoms with Gasteiger partial charge in [0.2, 0.25) is 5.91 Å². The van der Waals surface area contributed by atoms with Gasteiger partial charge in [-0.1, -0.05) is 13.0 Å². The second kappa shape index (κ2) is 6.23. The lowest BCUT2D eigenvalue weighted by molar-refractivity contribution is -0.116. The van der Waals surface area contributed by atoms with Crippen molar-refractivity contribution >= 4 is 17.3 Å². The second-order valence-electron chi connectivity index (χ2n) is 4.71. The van der Waals surface area contributed by atoms with Crippen LogP contribution in [0.2, 0.25) is 0 Å². The number of nitrogens with one attached hydrogen (secondary N) is 1. The molecule has 20 heavy (non-hydrogen) atoms. The largest absolute Gasteiger partial charge is 0.398 e. The number of carbonyl (C=O) groups excluding carboxylic acids is 1. The fourth-order valence-electron chi connectivity index (χ4n) is 2.08. The molecule has 0 aliphatic rings. The van der Waals surface area contributed by atoms with Gasteiger partial charge in [-0.2, -0.15) is 0 Å². The van der Waals surface area contributed by atoms with E-state index in [4.69, 9.17) is 5.73 Å². The van der Waals surface area contributed by atoms with E-state index in [-0.39, 0.29) is 5.91 Å². The van der Waals surface area contributed by atoms with Crippen LogP contribution < -0.4 is 11.1 Å². The summed E-state index contributed by atoms with van der Waals surface area (Å²) in [6.07, 6.45) is 4.94. The molecule has 2 aromatic rings. The van der Waals surface area contributed by atoms with E-state index in [0.29, 0.717) is 18.7 Å². The number of benzene rings is 1. The van der Waals surface area contributed by atoms with E-state index >= 15 is 0 Å². The van der Waals surface area contributed by atoms with Gasteiger partial charge >= 0.3 is 0 Å². The highest BCUT2D eigenvalue weighted by molar-refractivity contribution is 5.92. The van der Waals surface area contributed by atoms with Crippen LogP contribution in [0, 0.1) is 6.92 Å². The first-order valence-electron chi connectivity index (χ1n) is 6.76. The van der Waals surface area contributed by atoms with E-state index < -0.39 is 0 Å². The minimum absolute atomic E-state index is 0.0190. The molecule has 1 aromatic carbocycles. The summed E-state index contributed by atoms with van der Waals surface area (Å²) >= 11 is 0. The molecule has 0 spiro atoms. The average molecular weight is 272 g/mol. The zero-order valence-electron chi connectivity index (χ0n) is 11.9. The molecule has 2 rings (SSSR count). The van der Waals surface area contributed by atoms with Crippen LogP contribution in [-0.4, -0.2) is 15.5 Å². The normalized spacial score (nSPS) is 10.5. The number of nitrogens with two attached hydrogens (primary N) is 1. The van der Waals surface area contributed by atoms with Gasteiger partial charge in [-0.3, -0.25) is 4.79 Å². The molecule has 1 amide bonds. The number of amides is 1. The Labute approximate surface area is 118 Å². The molecule has 0 bridgehead atoms. The summed E-state index contributed by atoms with van der Waals surface area (Å²) in [4.78, 5) is 16.2. The Morgan fingerprint density at radius 2 is 2.25 bits per heavy atom. The SMILES string of the molecule is CCc1nccn1CCC(=O)Nc1cccc(N)c1C. The summed E-state index contributed by atoms with van der Waals surface area (Å²) in [7, 11) is 0. The predicted octanol–water partition coefficient (Wildman–Crippen LogP) is 2.36. The average Bonchev–Trinajstić information content (AvgIpc) is 2.89. The lowest BCUT2D eigenvalue weighted by atomic mass is 10.1. The van der Waals surface area contributed by atoms with Crippen molar-refractivity contribution < 1.29 is 4.79 Å². The third kappa shape index (κ3) is 3.17. The van der Waals surface area contributed by atoms with Gasteiger partial charge in [0.25, 0.3) is 0 Å². The molecule has 1 aromatic heterocycles. The van der Waals surface area contributed by atoms with E-state index in [9.17, 15) is 4.79 Å². The zero-order chi connectivity index (χ0) is 14.5. The smallest absolute Gasteiger partial charge is 0.226 e. The topological polar surface area (TPSA) is 72.9 Å². The van der Waals surface area contributed by atoms with Gasteiger partial charge in [-0.05, 0) is 24.6 Å². The Kier molecular flexibility index (Phi) is 4.40. The third-order valence-corrected chi connectivity index (χ3v) is 3.35. The number of aromatic nitrogens is 2. The molecule has 0 saturated heterocycles. The van der Waals surface area contributed by atoms with Crippen molar-refractivity contribution in [2.45, 2.75) is 33.2 Å². The van der Waals surface area contributed by atoms with Crippen molar-refractivity contribution in [3.05, 3.63) is 42.0 Å². The number of hydrogen-bond acceptors (Lipinski definition) is 3. The van der Waals surface area contributed by atoms with E-state index in [1.807, 2.05) is 35.9 Å². The van der Waals surface area contributed by atoms with Crippen molar-refractivity contribution in [2.24, 2.45) is 0 Å². The minimum Gasteiger partial charge on any atom is -0.398 e. The fraction of sp³-hybridized carbons (Fsp3) is 0.333. The highest BCUT2D eigenvalue weighted by Crippen LogP contribution is 2.20. The molecule has 0 unspecified atom stereocenters. The Morgan fingerprint density at radius 3 is 3.00 bits per heavy atom. The standard InChI is InChI=1S/C15H20N4O/c1-3-14-17-8-10-19(14)9-7-15(20)18-13-6-4-5-12(16)11(13)2/h4-6,8,10H,3,7,9,16H2,1-2H3,(H,18,20). The molecule has 0 atom stereocenters. The summed E-state index contributed by atoms with van der Waals surface area (Å²) in [5, 5.41) is 2.90. The van der Waals surface area contributed by atoms with Crippen LogP contribution in [0.4, 0.5) is 11.4 Å². The number of carbonyl (C=O) groups is 1. The number of hydrogen-bond donors (Lipinski definition) is 2. The number of nitrogen functional groups attached to an aromatic ring is 1. The summed E-state index contributed by atoms with van der Waals surface area (Å²) in [5.74, 6) is 0.979. The van der Waals surface area contributed by atoms with E-state index in [1.165, 1.54) is 0 Å². The van der Waals surface area contributed by atoms with Crippen molar-refractivity contribution in [3.63, 3.8) is 0 Å². The molecule has 1 heterocycles. The van der Waals surface area contributed by atoms with Gasteiger partial charge in [0.1, 0.15) is 5.82 Å². The highest BCUT2D eigenvalue weighted by Gasteiger charge is 2.07. The number of rotatable bonds is 5. The third-order valence-electron chi connectivity index (χ3n) is 3.35. The van der Waals surface area contributed by atoms with Gasteiger partial charge in [0, 0.05) is 43.2 Å². The summed E-state index contributed by atoms with van der Waals surface area (Å²) in [6, 6.07) is 5.52.